The predicted molar refractivity (Wildman–Crippen MR) is 73.8 cm³/mol. The summed E-state index contributed by atoms with van der Waals surface area (Å²) >= 11 is 0. The van der Waals surface area contributed by atoms with Crippen LogP contribution >= 0.6 is 0 Å². The Hall–Kier alpha value is -1.81. The zero-order chi connectivity index (χ0) is 15.1. The van der Waals surface area contributed by atoms with Gasteiger partial charge < -0.3 is 5.11 Å². The van der Waals surface area contributed by atoms with E-state index >= 15 is 0 Å². The summed E-state index contributed by atoms with van der Waals surface area (Å²) in [6.45, 7) is 0. The molecule has 0 spiro atoms. The molecule has 0 amide bonds. The van der Waals surface area contributed by atoms with Crippen molar-refractivity contribution in [2.75, 3.05) is 0 Å². The topological polar surface area (TPSA) is 20.2 Å². The van der Waals surface area contributed by atoms with E-state index in [4.69, 9.17) is 0 Å². The van der Waals surface area contributed by atoms with Crippen molar-refractivity contribution in [3.05, 3.63) is 70.8 Å². The van der Waals surface area contributed by atoms with Gasteiger partial charge in [0.2, 0.25) is 0 Å². The number of aliphatic hydroxyl groups is 1. The maximum absolute atomic E-state index is 12.6. The number of rotatable bonds is 1. The fraction of sp³-hybridized carbons (Fsp3) is 0.294. The minimum atomic E-state index is -4.35. The first-order valence-electron chi connectivity index (χ1n) is 6.85. The van der Waals surface area contributed by atoms with Gasteiger partial charge in [-0.3, -0.25) is 0 Å². The number of hydrogen-bond acceptors (Lipinski definition) is 1. The molecule has 1 unspecified atom stereocenters. The van der Waals surface area contributed by atoms with Gasteiger partial charge in [0.25, 0.3) is 0 Å². The second-order valence-corrected chi connectivity index (χ2v) is 5.55. The Balaban J connectivity index is 1.90. The molecule has 1 aliphatic rings. The van der Waals surface area contributed by atoms with Crippen molar-refractivity contribution < 1.29 is 18.3 Å². The molecule has 0 saturated heterocycles. The van der Waals surface area contributed by atoms with Crippen LogP contribution in [0.5, 0.6) is 0 Å². The van der Waals surface area contributed by atoms with Gasteiger partial charge in [0, 0.05) is 6.42 Å². The first kappa shape index (κ1) is 14.1. The average Bonchev–Trinajstić information content (AvgIpc) is 2.46. The summed E-state index contributed by atoms with van der Waals surface area (Å²) in [4.78, 5) is 0. The quantitative estimate of drug-likeness (QED) is 0.839. The monoisotopic (exact) mass is 292 g/mol. The minimum Gasteiger partial charge on any atom is -0.385 e. The second-order valence-electron chi connectivity index (χ2n) is 5.55. The maximum Gasteiger partial charge on any atom is 0.416 e. The van der Waals surface area contributed by atoms with Crippen LogP contribution in [-0.4, -0.2) is 5.11 Å². The smallest absolute Gasteiger partial charge is 0.385 e. The first-order valence-corrected chi connectivity index (χ1v) is 6.85. The largest absolute Gasteiger partial charge is 0.416 e. The molecule has 21 heavy (non-hydrogen) atoms. The molecule has 0 heterocycles. The Kier molecular flexibility index (Phi) is 3.29. The highest BCUT2D eigenvalue weighted by molar-refractivity contribution is 5.36. The maximum atomic E-state index is 12.6. The van der Waals surface area contributed by atoms with Crippen LogP contribution in [0.1, 0.15) is 28.7 Å². The third-order valence-electron chi connectivity index (χ3n) is 4.16. The second kappa shape index (κ2) is 4.88. The lowest BCUT2D eigenvalue weighted by atomic mass is 9.76. The summed E-state index contributed by atoms with van der Waals surface area (Å²) in [6, 6.07) is 12.7. The Bertz CT molecular complexity index is 646. The van der Waals surface area contributed by atoms with Crippen molar-refractivity contribution in [2.45, 2.75) is 31.0 Å². The third-order valence-corrected chi connectivity index (χ3v) is 4.16. The fourth-order valence-electron chi connectivity index (χ4n) is 2.93. The van der Waals surface area contributed by atoms with Crippen LogP contribution in [0.25, 0.3) is 0 Å². The number of alkyl halides is 3. The minimum absolute atomic E-state index is 0.439. The lowest BCUT2D eigenvalue weighted by Crippen LogP contribution is -2.33. The summed E-state index contributed by atoms with van der Waals surface area (Å²) in [5.41, 5.74) is 1.04. The van der Waals surface area contributed by atoms with E-state index in [2.05, 4.69) is 0 Å². The molecular formula is C17H15F3O. The van der Waals surface area contributed by atoms with Gasteiger partial charge in [-0.25, -0.2) is 0 Å². The highest BCUT2D eigenvalue weighted by Crippen LogP contribution is 2.37. The molecule has 0 saturated carbocycles. The zero-order valence-electron chi connectivity index (χ0n) is 11.3. The van der Waals surface area contributed by atoms with Crippen molar-refractivity contribution in [3.8, 4) is 0 Å². The molecule has 0 radical (unpaired) electrons. The Labute approximate surface area is 121 Å². The zero-order valence-corrected chi connectivity index (χ0v) is 11.3. The normalized spacial score (nSPS) is 21.9. The van der Waals surface area contributed by atoms with Crippen LogP contribution < -0.4 is 0 Å². The van der Waals surface area contributed by atoms with E-state index in [1.165, 1.54) is 17.7 Å². The molecule has 0 aromatic heterocycles. The molecule has 1 nitrogen and oxygen atoms in total. The van der Waals surface area contributed by atoms with Crippen molar-refractivity contribution in [1.29, 1.82) is 0 Å². The van der Waals surface area contributed by atoms with E-state index < -0.39 is 17.3 Å². The lowest BCUT2D eigenvalue weighted by molar-refractivity contribution is -0.137. The van der Waals surface area contributed by atoms with Gasteiger partial charge in [-0.15, -0.1) is 0 Å². The van der Waals surface area contributed by atoms with E-state index in [0.717, 1.165) is 24.1 Å². The molecule has 0 fully saturated rings. The highest BCUT2D eigenvalue weighted by Gasteiger charge is 2.35. The predicted octanol–water partition coefficient (Wildman–Crippen LogP) is 4.08. The van der Waals surface area contributed by atoms with Crippen LogP contribution in [0.2, 0.25) is 0 Å². The average molecular weight is 292 g/mol. The van der Waals surface area contributed by atoms with Crippen LogP contribution in [0.15, 0.2) is 48.5 Å². The van der Waals surface area contributed by atoms with Gasteiger partial charge in [0.15, 0.2) is 0 Å². The van der Waals surface area contributed by atoms with E-state index in [0.29, 0.717) is 18.4 Å². The van der Waals surface area contributed by atoms with Crippen LogP contribution in [-0.2, 0) is 24.6 Å². The van der Waals surface area contributed by atoms with Gasteiger partial charge in [0.05, 0.1) is 11.2 Å². The summed E-state index contributed by atoms with van der Waals surface area (Å²) in [6.07, 6.45) is -2.65. The van der Waals surface area contributed by atoms with Crippen LogP contribution in [0.4, 0.5) is 13.2 Å². The molecule has 0 bridgehead atoms. The standard InChI is InChI=1S/C17H15F3O/c18-17(19,20)15-7-5-14(6-8-15)16(21)10-9-12-3-1-2-4-13(12)11-16/h1-8,21H,9-11H2. The third kappa shape index (κ3) is 2.68. The molecule has 1 N–H and O–H groups in total. The first-order chi connectivity index (χ1) is 9.88. The molecule has 1 aliphatic carbocycles. The number of aryl methyl sites for hydroxylation is 1. The van der Waals surface area contributed by atoms with E-state index in [1.807, 2.05) is 24.3 Å². The number of benzene rings is 2. The van der Waals surface area contributed by atoms with Crippen molar-refractivity contribution >= 4 is 0 Å². The SMILES string of the molecule is OC1(c2ccc(C(F)(F)F)cc2)CCc2ccccc2C1. The molecule has 4 heteroatoms. The summed E-state index contributed by atoms with van der Waals surface area (Å²) < 4.78 is 37.8. The lowest BCUT2D eigenvalue weighted by Gasteiger charge is -2.34. The van der Waals surface area contributed by atoms with Crippen molar-refractivity contribution in [1.82, 2.24) is 0 Å². The number of hydrogen-bond donors (Lipinski definition) is 1. The molecule has 1 atom stereocenters. The van der Waals surface area contributed by atoms with Crippen LogP contribution in [0, 0.1) is 0 Å². The van der Waals surface area contributed by atoms with Gasteiger partial charge in [-0.05, 0) is 41.7 Å². The molecule has 110 valence electrons. The van der Waals surface area contributed by atoms with E-state index in [9.17, 15) is 18.3 Å². The molecule has 0 aliphatic heterocycles. The van der Waals surface area contributed by atoms with Crippen LogP contribution in [0.3, 0.4) is 0 Å². The Morgan fingerprint density at radius 1 is 0.905 bits per heavy atom. The highest BCUT2D eigenvalue weighted by atomic mass is 19.4. The van der Waals surface area contributed by atoms with E-state index in [-0.39, 0.29) is 0 Å². The van der Waals surface area contributed by atoms with Gasteiger partial charge in [-0.1, -0.05) is 36.4 Å². The summed E-state index contributed by atoms with van der Waals surface area (Å²) in [7, 11) is 0. The fourth-order valence-corrected chi connectivity index (χ4v) is 2.93. The molecule has 3 rings (SSSR count). The van der Waals surface area contributed by atoms with E-state index in [1.54, 1.807) is 0 Å². The molecule has 2 aromatic carbocycles. The van der Waals surface area contributed by atoms with Crippen molar-refractivity contribution in [2.24, 2.45) is 0 Å². The number of fused-ring (bicyclic) bond motifs is 1. The molecular weight excluding hydrogens is 277 g/mol. The number of halogens is 3. The Morgan fingerprint density at radius 2 is 1.52 bits per heavy atom. The summed E-state index contributed by atoms with van der Waals surface area (Å²) in [5, 5.41) is 10.8. The van der Waals surface area contributed by atoms with Crippen molar-refractivity contribution in [3.63, 3.8) is 0 Å². The van der Waals surface area contributed by atoms with Gasteiger partial charge >= 0.3 is 6.18 Å². The molecule has 2 aromatic rings. The van der Waals surface area contributed by atoms with Gasteiger partial charge in [0.1, 0.15) is 0 Å². The Morgan fingerprint density at radius 3 is 2.14 bits per heavy atom. The summed E-state index contributed by atoms with van der Waals surface area (Å²) in [5.74, 6) is 0. The van der Waals surface area contributed by atoms with Gasteiger partial charge in [-0.2, -0.15) is 13.2 Å².